The molecule has 4 heteroatoms. The molecule has 0 heterocycles. The highest BCUT2D eigenvalue weighted by Crippen LogP contribution is 2.16. The van der Waals surface area contributed by atoms with E-state index in [9.17, 15) is 9.59 Å². The van der Waals surface area contributed by atoms with Crippen LogP contribution in [0.4, 0.5) is 4.79 Å². The molecule has 0 aliphatic rings. The first kappa shape index (κ1) is 16.9. The van der Waals surface area contributed by atoms with E-state index in [1.165, 1.54) is 0 Å². The fraction of sp³-hybridized carbons (Fsp3) is 0.857. The lowest BCUT2D eigenvalue weighted by Gasteiger charge is -2.33. The van der Waals surface area contributed by atoms with Gasteiger partial charge >= 0.3 is 6.09 Å². The predicted octanol–water partition coefficient (Wildman–Crippen LogP) is 3.25. The number of ether oxygens (including phenoxy) is 1. The van der Waals surface area contributed by atoms with Crippen LogP contribution in [0, 0.1) is 5.92 Å². The first-order chi connectivity index (χ1) is 8.21. The molecule has 1 unspecified atom stereocenters. The Bertz CT molecular complexity index is 269. The van der Waals surface area contributed by atoms with Crippen molar-refractivity contribution in [1.29, 1.82) is 0 Å². The van der Waals surface area contributed by atoms with Crippen LogP contribution in [0.25, 0.3) is 0 Å². The molecule has 0 aromatic rings. The maximum atomic E-state index is 12.2. The van der Waals surface area contributed by atoms with Gasteiger partial charge in [-0.1, -0.05) is 20.8 Å². The predicted molar refractivity (Wildman–Crippen MR) is 72.5 cm³/mol. The Morgan fingerprint density at radius 3 is 2.22 bits per heavy atom. The molecule has 0 spiro atoms. The van der Waals surface area contributed by atoms with Crippen LogP contribution in [0.5, 0.6) is 0 Å². The normalized spacial score (nSPS) is 13.3. The molecule has 1 atom stereocenters. The van der Waals surface area contributed by atoms with Crippen molar-refractivity contribution in [1.82, 2.24) is 4.90 Å². The van der Waals surface area contributed by atoms with Crippen molar-refractivity contribution in [3.8, 4) is 0 Å². The largest absolute Gasteiger partial charge is 0.444 e. The van der Waals surface area contributed by atoms with Gasteiger partial charge in [0, 0.05) is 19.0 Å². The second-order valence-electron chi connectivity index (χ2n) is 5.99. The highest BCUT2D eigenvalue weighted by molar-refractivity contribution is 5.69. The van der Waals surface area contributed by atoms with Gasteiger partial charge in [-0.3, -0.25) is 0 Å². The van der Waals surface area contributed by atoms with Gasteiger partial charge in [0.25, 0.3) is 0 Å². The zero-order chi connectivity index (χ0) is 14.3. The maximum absolute atomic E-state index is 12.2. The summed E-state index contributed by atoms with van der Waals surface area (Å²) in [4.78, 5) is 24.5. The average Bonchev–Trinajstić information content (AvgIpc) is 2.20. The summed E-state index contributed by atoms with van der Waals surface area (Å²) in [6.07, 6.45) is 1.66. The summed E-state index contributed by atoms with van der Waals surface area (Å²) < 4.78 is 5.40. The fourth-order valence-corrected chi connectivity index (χ4v) is 1.71. The molecule has 0 fully saturated rings. The van der Waals surface area contributed by atoms with Gasteiger partial charge in [-0.05, 0) is 33.1 Å². The Balaban J connectivity index is 4.84. The Kier molecular flexibility index (Phi) is 6.96. The van der Waals surface area contributed by atoms with Crippen molar-refractivity contribution in [2.24, 2.45) is 5.92 Å². The standard InChI is InChI=1S/C14H27NO3/c1-7-12(8-9-16)15(10-11(2)3)13(17)18-14(4,5)6/h9,11-12H,7-8,10H2,1-6H3. The number of rotatable bonds is 6. The van der Waals surface area contributed by atoms with E-state index in [4.69, 9.17) is 4.74 Å². The van der Waals surface area contributed by atoms with Crippen molar-refractivity contribution in [2.45, 2.75) is 66.0 Å². The smallest absolute Gasteiger partial charge is 0.410 e. The van der Waals surface area contributed by atoms with Crippen molar-refractivity contribution in [3.05, 3.63) is 0 Å². The van der Waals surface area contributed by atoms with Gasteiger partial charge in [0.2, 0.25) is 0 Å². The lowest BCUT2D eigenvalue weighted by Crippen LogP contribution is -2.45. The molecule has 0 aliphatic heterocycles. The minimum absolute atomic E-state index is 0.0697. The molecule has 0 saturated carbocycles. The van der Waals surface area contributed by atoms with E-state index in [1.807, 2.05) is 41.5 Å². The molecule has 0 aliphatic carbocycles. The maximum Gasteiger partial charge on any atom is 0.410 e. The highest BCUT2D eigenvalue weighted by Gasteiger charge is 2.27. The zero-order valence-corrected chi connectivity index (χ0v) is 12.5. The van der Waals surface area contributed by atoms with Gasteiger partial charge < -0.3 is 14.4 Å². The summed E-state index contributed by atoms with van der Waals surface area (Å²) in [5, 5.41) is 0. The number of amides is 1. The third-order valence-corrected chi connectivity index (χ3v) is 2.47. The van der Waals surface area contributed by atoms with E-state index in [-0.39, 0.29) is 12.1 Å². The first-order valence-electron chi connectivity index (χ1n) is 6.64. The van der Waals surface area contributed by atoms with Gasteiger partial charge in [-0.2, -0.15) is 0 Å². The van der Waals surface area contributed by atoms with Crippen LogP contribution in [0.3, 0.4) is 0 Å². The average molecular weight is 257 g/mol. The number of nitrogens with zero attached hydrogens (tertiary/aromatic N) is 1. The van der Waals surface area contributed by atoms with E-state index in [1.54, 1.807) is 4.90 Å². The Morgan fingerprint density at radius 1 is 1.33 bits per heavy atom. The summed E-state index contributed by atoms with van der Waals surface area (Å²) in [7, 11) is 0. The van der Waals surface area contributed by atoms with Crippen LogP contribution < -0.4 is 0 Å². The zero-order valence-electron chi connectivity index (χ0n) is 12.5. The van der Waals surface area contributed by atoms with Crippen molar-refractivity contribution >= 4 is 12.4 Å². The summed E-state index contributed by atoms with van der Waals surface area (Å²) >= 11 is 0. The number of hydrogen-bond donors (Lipinski definition) is 0. The lowest BCUT2D eigenvalue weighted by atomic mass is 10.1. The van der Waals surface area contributed by atoms with E-state index in [0.29, 0.717) is 18.9 Å². The van der Waals surface area contributed by atoms with Gasteiger partial charge in [0.15, 0.2) is 0 Å². The molecule has 0 N–H and O–H groups in total. The summed E-state index contributed by atoms with van der Waals surface area (Å²) in [5.74, 6) is 0.346. The minimum atomic E-state index is -0.508. The molecule has 0 aromatic heterocycles. The minimum Gasteiger partial charge on any atom is -0.444 e. The molecule has 0 rings (SSSR count). The quantitative estimate of drug-likeness (QED) is 0.686. The first-order valence-corrected chi connectivity index (χ1v) is 6.64. The molecular weight excluding hydrogens is 230 g/mol. The van der Waals surface area contributed by atoms with Crippen LogP contribution in [0.15, 0.2) is 0 Å². The molecule has 0 saturated heterocycles. The second-order valence-corrected chi connectivity index (χ2v) is 5.99. The van der Waals surface area contributed by atoms with Crippen molar-refractivity contribution in [3.63, 3.8) is 0 Å². The van der Waals surface area contributed by atoms with E-state index in [2.05, 4.69) is 0 Å². The number of aldehydes is 1. The topological polar surface area (TPSA) is 46.6 Å². The number of carbonyl (C=O) groups excluding carboxylic acids is 2. The third kappa shape index (κ3) is 6.62. The molecule has 106 valence electrons. The van der Waals surface area contributed by atoms with Gasteiger partial charge in [-0.25, -0.2) is 4.79 Å². The number of carbonyl (C=O) groups is 2. The monoisotopic (exact) mass is 257 g/mol. The van der Waals surface area contributed by atoms with Gasteiger partial charge in [-0.15, -0.1) is 0 Å². The van der Waals surface area contributed by atoms with Crippen LogP contribution in [0.2, 0.25) is 0 Å². The van der Waals surface area contributed by atoms with Crippen LogP contribution in [-0.4, -0.2) is 35.5 Å². The van der Waals surface area contributed by atoms with Crippen LogP contribution >= 0.6 is 0 Å². The molecule has 0 bridgehead atoms. The Labute approximate surface area is 111 Å². The third-order valence-electron chi connectivity index (χ3n) is 2.47. The van der Waals surface area contributed by atoms with E-state index >= 15 is 0 Å². The van der Waals surface area contributed by atoms with E-state index < -0.39 is 5.60 Å². The second kappa shape index (κ2) is 7.39. The van der Waals surface area contributed by atoms with E-state index in [0.717, 1.165) is 12.7 Å². The molecule has 0 aromatic carbocycles. The number of hydrogen-bond acceptors (Lipinski definition) is 3. The molecule has 1 amide bonds. The fourth-order valence-electron chi connectivity index (χ4n) is 1.71. The lowest BCUT2D eigenvalue weighted by molar-refractivity contribution is -0.108. The van der Waals surface area contributed by atoms with Crippen molar-refractivity contribution < 1.29 is 14.3 Å². The van der Waals surface area contributed by atoms with Crippen molar-refractivity contribution in [2.75, 3.05) is 6.54 Å². The van der Waals surface area contributed by atoms with Crippen LogP contribution in [0.1, 0.15) is 54.4 Å². The molecular formula is C14H27NO3. The van der Waals surface area contributed by atoms with Crippen LogP contribution in [-0.2, 0) is 9.53 Å². The molecule has 4 nitrogen and oxygen atoms in total. The SMILES string of the molecule is CCC(CC=O)N(CC(C)C)C(=O)OC(C)(C)C. The summed E-state index contributed by atoms with van der Waals surface area (Å²) in [5.41, 5.74) is -0.508. The highest BCUT2D eigenvalue weighted by atomic mass is 16.6. The Hall–Kier alpha value is -1.06. The van der Waals surface area contributed by atoms with Gasteiger partial charge in [0.1, 0.15) is 11.9 Å². The Morgan fingerprint density at radius 2 is 1.89 bits per heavy atom. The van der Waals surface area contributed by atoms with Gasteiger partial charge in [0.05, 0.1) is 0 Å². The molecule has 0 radical (unpaired) electrons. The summed E-state index contributed by atoms with van der Waals surface area (Å²) in [6.45, 7) is 12.2. The molecule has 18 heavy (non-hydrogen) atoms. The summed E-state index contributed by atoms with van der Waals surface area (Å²) in [6, 6.07) is -0.0697.